The molecule has 120 valence electrons. The maximum absolute atomic E-state index is 13.8. The van der Waals surface area contributed by atoms with Crippen molar-refractivity contribution in [3.63, 3.8) is 0 Å². The molecule has 5 nitrogen and oxygen atoms in total. The van der Waals surface area contributed by atoms with Crippen molar-refractivity contribution < 1.29 is 23.8 Å². The van der Waals surface area contributed by atoms with Crippen molar-refractivity contribution in [2.75, 3.05) is 13.7 Å². The van der Waals surface area contributed by atoms with E-state index >= 15 is 0 Å². The zero-order chi connectivity index (χ0) is 16.2. The van der Waals surface area contributed by atoms with E-state index in [2.05, 4.69) is 5.32 Å². The first-order valence-corrected chi connectivity index (χ1v) is 7.34. The maximum Gasteiger partial charge on any atom is 0.311 e. The van der Waals surface area contributed by atoms with Crippen LogP contribution < -0.4 is 10.1 Å². The number of nitrogens with one attached hydrogen (secondary N) is 1. The summed E-state index contributed by atoms with van der Waals surface area (Å²) in [5.41, 5.74) is -1.15. The number of benzene rings is 1. The Labute approximate surface area is 128 Å². The summed E-state index contributed by atoms with van der Waals surface area (Å²) in [6.45, 7) is -0.00133. The largest absolute Gasteiger partial charge is 0.496 e. The molecule has 0 aliphatic heterocycles. The van der Waals surface area contributed by atoms with Gasteiger partial charge in [0, 0.05) is 6.54 Å². The number of amides is 1. The molecule has 1 aliphatic carbocycles. The topological polar surface area (TPSA) is 75.6 Å². The van der Waals surface area contributed by atoms with E-state index in [-0.39, 0.29) is 17.9 Å². The highest BCUT2D eigenvalue weighted by Gasteiger charge is 2.40. The Hall–Kier alpha value is -2.11. The SMILES string of the molecule is COc1cccc(F)c1C(=O)NCC1(C(=O)O)CCCCC1. The average Bonchev–Trinajstić information content (AvgIpc) is 2.53. The van der Waals surface area contributed by atoms with Crippen LogP contribution >= 0.6 is 0 Å². The van der Waals surface area contributed by atoms with Crippen molar-refractivity contribution >= 4 is 11.9 Å². The van der Waals surface area contributed by atoms with Gasteiger partial charge in [0.15, 0.2) is 0 Å². The van der Waals surface area contributed by atoms with Crippen LogP contribution in [0.5, 0.6) is 5.75 Å². The molecule has 6 heteroatoms. The molecule has 1 aliphatic rings. The van der Waals surface area contributed by atoms with Gasteiger partial charge in [0.1, 0.15) is 17.1 Å². The Morgan fingerprint density at radius 3 is 2.59 bits per heavy atom. The van der Waals surface area contributed by atoms with E-state index in [1.807, 2.05) is 0 Å². The molecule has 2 N–H and O–H groups in total. The monoisotopic (exact) mass is 309 g/mol. The number of methoxy groups -OCH3 is 1. The Kier molecular flexibility index (Phi) is 5.00. The highest BCUT2D eigenvalue weighted by molar-refractivity contribution is 5.97. The van der Waals surface area contributed by atoms with E-state index in [4.69, 9.17) is 4.74 Å². The number of hydrogen-bond acceptors (Lipinski definition) is 3. The molecule has 1 saturated carbocycles. The molecule has 0 spiro atoms. The molecular formula is C16H20FNO4. The Balaban J connectivity index is 2.14. The summed E-state index contributed by atoms with van der Waals surface area (Å²) in [6.07, 6.45) is 3.70. The summed E-state index contributed by atoms with van der Waals surface area (Å²) in [7, 11) is 1.35. The number of halogens is 1. The lowest BCUT2D eigenvalue weighted by Gasteiger charge is -2.33. The molecule has 0 unspecified atom stereocenters. The van der Waals surface area contributed by atoms with Crippen LogP contribution in [-0.2, 0) is 4.79 Å². The fraction of sp³-hybridized carbons (Fsp3) is 0.500. The third-order valence-corrected chi connectivity index (χ3v) is 4.27. The van der Waals surface area contributed by atoms with Crippen molar-refractivity contribution in [2.45, 2.75) is 32.1 Å². The third-order valence-electron chi connectivity index (χ3n) is 4.27. The van der Waals surface area contributed by atoms with Crippen molar-refractivity contribution in [1.29, 1.82) is 0 Å². The fourth-order valence-electron chi connectivity index (χ4n) is 2.93. The summed E-state index contributed by atoms with van der Waals surface area (Å²) in [5.74, 6) is -2.12. The molecule has 0 bridgehead atoms. The quantitative estimate of drug-likeness (QED) is 0.876. The first kappa shape index (κ1) is 16.3. The standard InChI is InChI=1S/C16H20FNO4/c1-22-12-7-5-6-11(17)13(12)14(19)18-10-16(15(20)21)8-3-2-4-9-16/h5-7H,2-4,8-10H2,1H3,(H,18,19)(H,20,21). The Bertz CT molecular complexity index is 567. The molecule has 0 saturated heterocycles. The average molecular weight is 309 g/mol. The summed E-state index contributed by atoms with van der Waals surface area (Å²) < 4.78 is 18.8. The van der Waals surface area contributed by atoms with Crippen LogP contribution in [0.2, 0.25) is 0 Å². The van der Waals surface area contributed by atoms with Gasteiger partial charge in [0.2, 0.25) is 0 Å². The first-order valence-electron chi connectivity index (χ1n) is 7.34. The van der Waals surface area contributed by atoms with Gasteiger partial charge in [-0.25, -0.2) is 4.39 Å². The summed E-state index contributed by atoms with van der Waals surface area (Å²) in [4.78, 5) is 23.8. The van der Waals surface area contributed by atoms with E-state index in [1.54, 1.807) is 0 Å². The number of carboxylic acid groups (broad SMARTS) is 1. The normalized spacial score (nSPS) is 16.8. The number of ether oxygens (including phenoxy) is 1. The van der Waals surface area contributed by atoms with Crippen LogP contribution in [0.4, 0.5) is 4.39 Å². The molecule has 1 fully saturated rings. The molecule has 1 aromatic carbocycles. The van der Waals surface area contributed by atoms with Crippen LogP contribution in [0.3, 0.4) is 0 Å². The number of aliphatic carboxylic acids is 1. The lowest BCUT2D eigenvalue weighted by molar-refractivity contribution is -0.150. The highest BCUT2D eigenvalue weighted by Crippen LogP contribution is 2.36. The second-order valence-corrected chi connectivity index (χ2v) is 5.65. The molecule has 0 atom stereocenters. The zero-order valence-corrected chi connectivity index (χ0v) is 12.5. The lowest BCUT2D eigenvalue weighted by Crippen LogP contribution is -2.44. The van der Waals surface area contributed by atoms with Crippen molar-refractivity contribution in [3.05, 3.63) is 29.6 Å². The van der Waals surface area contributed by atoms with E-state index < -0.39 is 23.1 Å². The van der Waals surface area contributed by atoms with Gasteiger partial charge in [-0.05, 0) is 25.0 Å². The zero-order valence-electron chi connectivity index (χ0n) is 12.5. The third kappa shape index (κ3) is 3.21. The predicted molar refractivity (Wildman–Crippen MR) is 78.4 cm³/mol. The van der Waals surface area contributed by atoms with Crippen molar-refractivity contribution in [2.24, 2.45) is 5.41 Å². The van der Waals surface area contributed by atoms with Gasteiger partial charge in [-0.2, -0.15) is 0 Å². The second-order valence-electron chi connectivity index (χ2n) is 5.65. The minimum Gasteiger partial charge on any atom is -0.496 e. The summed E-state index contributed by atoms with van der Waals surface area (Å²) >= 11 is 0. The van der Waals surface area contributed by atoms with Gasteiger partial charge in [-0.3, -0.25) is 9.59 Å². The van der Waals surface area contributed by atoms with Gasteiger partial charge in [-0.15, -0.1) is 0 Å². The molecule has 22 heavy (non-hydrogen) atoms. The number of hydrogen-bond donors (Lipinski definition) is 2. The minimum atomic E-state index is -0.952. The van der Waals surface area contributed by atoms with Gasteiger partial charge in [-0.1, -0.05) is 25.3 Å². The Morgan fingerprint density at radius 2 is 2.00 bits per heavy atom. The molecule has 0 heterocycles. The van der Waals surface area contributed by atoms with E-state index in [0.29, 0.717) is 12.8 Å². The number of carboxylic acids is 1. The van der Waals surface area contributed by atoms with E-state index in [0.717, 1.165) is 19.3 Å². The maximum atomic E-state index is 13.8. The van der Waals surface area contributed by atoms with E-state index in [1.165, 1.54) is 25.3 Å². The van der Waals surface area contributed by atoms with Crippen LogP contribution in [0, 0.1) is 11.2 Å². The minimum absolute atomic E-state index is 0.00133. The van der Waals surface area contributed by atoms with Gasteiger partial charge >= 0.3 is 5.97 Å². The van der Waals surface area contributed by atoms with Crippen LogP contribution in [0.25, 0.3) is 0 Å². The van der Waals surface area contributed by atoms with Crippen LogP contribution in [0.15, 0.2) is 18.2 Å². The van der Waals surface area contributed by atoms with E-state index in [9.17, 15) is 19.1 Å². The first-order chi connectivity index (χ1) is 10.5. The summed E-state index contributed by atoms with van der Waals surface area (Å²) in [6, 6.07) is 4.11. The second kappa shape index (κ2) is 6.77. The molecule has 0 aromatic heterocycles. The highest BCUT2D eigenvalue weighted by atomic mass is 19.1. The molecule has 2 rings (SSSR count). The lowest BCUT2D eigenvalue weighted by atomic mass is 9.74. The number of carbonyl (C=O) groups excluding carboxylic acids is 1. The predicted octanol–water partition coefficient (Wildman–Crippen LogP) is 2.60. The fourth-order valence-corrected chi connectivity index (χ4v) is 2.93. The van der Waals surface area contributed by atoms with Crippen LogP contribution in [0.1, 0.15) is 42.5 Å². The van der Waals surface area contributed by atoms with Gasteiger partial charge in [0.05, 0.1) is 12.5 Å². The van der Waals surface area contributed by atoms with Gasteiger partial charge < -0.3 is 15.2 Å². The number of carbonyl (C=O) groups is 2. The molecular weight excluding hydrogens is 289 g/mol. The van der Waals surface area contributed by atoms with Crippen LogP contribution in [-0.4, -0.2) is 30.6 Å². The molecule has 1 amide bonds. The molecule has 1 aromatic rings. The number of rotatable bonds is 5. The van der Waals surface area contributed by atoms with Crippen molar-refractivity contribution in [1.82, 2.24) is 5.32 Å². The Morgan fingerprint density at radius 1 is 1.32 bits per heavy atom. The smallest absolute Gasteiger partial charge is 0.311 e. The molecule has 0 radical (unpaired) electrons. The summed E-state index contributed by atoms with van der Waals surface area (Å²) in [5, 5.41) is 12.0. The van der Waals surface area contributed by atoms with Gasteiger partial charge in [0.25, 0.3) is 5.91 Å². The van der Waals surface area contributed by atoms with Crippen molar-refractivity contribution in [3.8, 4) is 5.75 Å².